The first-order chi connectivity index (χ1) is 18.8. The van der Waals surface area contributed by atoms with E-state index in [9.17, 15) is 14.0 Å². The quantitative estimate of drug-likeness (QED) is 0.489. The highest BCUT2D eigenvalue weighted by molar-refractivity contribution is 6.31. The highest BCUT2D eigenvalue weighted by atomic mass is 35.5. The van der Waals surface area contributed by atoms with Gasteiger partial charge in [0.25, 0.3) is 5.91 Å². The van der Waals surface area contributed by atoms with Crippen LogP contribution in [0.4, 0.5) is 30.9 Å². The molecule has 1 spiro atoms. The lowest BCUT2D eigenvalue weighted by Crippen LogP contribution is -2.42. The van der Waals surface area contributed by atoms with E-state index >= 15 is 4.39 Å². The first kappa shape index (κ1) is 25.2. The molecule has 202 valence electrons. The van der Waals surface area contributed by atoms with E-state index in [1.807, 2.05) is 17.0 Å². The third-order valence-corrected chi connectivity index (χ3v) is 7.49. The highest BCUT2D eigenvalue weighted by Crippen LogP contribution is 2.46. The first-order valence-corrected chi connectivity index (χ1v) is 12.9. The van der Waals surface area contributed by atoms with E-state index in [1.54, 1.807) is 17.2 Å². The summed E-state index contributed by atoms with van der Waals surface area (Å²) in [5.74, 6) is 0.0145. The Morgan fingerprint density at radius 2 is 2.05 bits per heavy atom. The van der Waals surface area contributed by atoms with E-state index < -0.39 is 29.6 Å². The Balaban J connectivity index is 1.13. The van der Waals surface area contributed by atoms with Gasteiger partial charge in [-0.25, -0.2) is 23.5 Å². The highest BCUT2D eigenvalue weighted by Gasteiger charge is 2.50. The second kappa shape index (κ2) is 9.92. The number of alkyl halides is 1. The fourth-order valence-electron chi connectivity index (χ4n) is 5.25. The predicted molar refractivity (Wildman–Crippen MR) is 139 cm³/mol. The molecule has 2 N–H and O–H groups in total. The van der Waals surface area contributed by atoms with Crippen LogP contribution in [0.3, 0.4) is 0 Å². The van der Waals surface area contributed by atoms with Crippen LogP contribution in [0, 0.1) is 5.82 Å². The number of carbonyl (C=O) groups is 2. The number of ether oxygens (including phenoxy) is 1. The molecule has 0 bridgehead atoms. The van der Waals surface area contributed by atoms with Crippen molar-refractivity contribution in [3.63, 3.8) is 0 Å². The van der Waals surface area contributed by atoms with Gasteiger partial charge in [-0.3, -0.25) is 15.1 Å². The van der Waals surface area contributed by atoms with Crippen molar-refractivity contribution in [2.45, 2.75) is 31.2 Å². The monoisotopic (exact) mass is 555 g/mol. The molecule has 0 saturated carbocycles. The van der Waals surface area contributed by atoms with E-state index in [-0.39, 0.29) is 29.4 Å². The van der Waals surface area contributed by atoms with Crippen molar-refractivity contribution >= 4 is 40.9 Å². The van der Waals surface area contributed by atoms with Gasteiger partial charge >= 0.3 is 6.09 Å². The Hall–Kier alpha value is -4.06. The number of hydrogen-bond donors (Lipinski definition) is 2. The molecular weight excluding hydrogens is 532 g/mol. The lowest BCUT2D eigenvalue weighted by molar-refractivity contribution is 0.0263. The average Bonchev–Trinajstić information content (AvgIpc) is 3.56. The van der Waals surface area contributed by atoms with Crippen molar-refractivity contribution < 1.29 is 23.1 Å². The van der Waals surface area contributed by atoms with Gasteiger partial charge in [-0.15, -0.1) is 0 Å². The predicted octanol–water partition coefficient (Wildman–Crippen LogP) is 3.81. The number of nitrogens with one attached hydrogen (secondary N) is 2. The number of hydrogen-bond acceptors (Lipinski definition) is 8. The van der Waals surface area contributed by atoms with Gasteiger partial charge in [-0.1, -0.05) is 17.7 Å². The van der Waals surface area contributed by atoms with Gasteiger partial charge in [0.1, 0.15) is 23.5 Å². The van der Waals surface area contributed by atoms with E-state index in [0.717, 1.165) is 5.56 Å². The maximum atomic E-state index is 15.1. The Morgan fingerprint density at radius 3 is 2.82 bits per heavy atom. The Bertz CT molecular complexity index is 1440. The number of nitrogens with zero attached hydrogens (tertiary/aromatic N) is 5. The van der Waals surface area contributed by atoms with Gasteiger partial charge in [0, 0.05) is 32.3 Å². The summed E-state index contributed by atoms with van der Waals surface area (Å²) in [5, 5.41) is 5.26. The Morgan fingerprint density at radius 1 is 1.18 bits per heavy atom. The zero-order valence-electron chi connectivity index (χ0n) is 20.7. The molecule has 3 aliphatic rings. The van der Waals surface area contributed by atoms with Gasteiger partial charge in [-0.2, -0.15) is 0 Å². The fraction of sp³-hybridized carbons (Fsp3) is 0.346. The molecule has 2 saturated heterocycles. The average molecular weight is 556 g/mol. The number of carbonyl (C=O) groups excluding carboxylic acids is 2. The lowest BCUT2D eigenvalue weighted by Gasteiger charge is -2.35. The molecule has 0 aliphatic carbocycles. The summed E-state index contributed by atoms with van der Waals surface area (Å²) < 4.78 is 34.1. The van der Waals surface area contributed by atoms with Crippen LogP contribution in [0.2, 0.25) is 5.02 Å². The maximum Gasteiger partial charge on any atom is 0.412 e. The molecule has 2 fully saturated rings. The second-order valence-electron chi connectivity index (χ2n) is 9.77. The molecule has 3 aliphatic heterocycles. The Labute approximate surface area is 227 Å². The minimum Gasteiger partial charge on any atom is -0.436 e. The number of amides is 2. The summed E-state index contributed by atoms with van der Waals surface area (Å²) in [5.41, 5.74) is 0.116. The first-order valence-electron chi connectivity index (χ1n) is 12.5. The van der Waals surface area contributed by atoms with Crippen LogP contribution in [-0.4, -0.2) is 59.3 Å². The van der Waals surface area contributed by atoms with Crippen LogP contribution in [0.25, 0.3) is 0 Å². The summed E-state index contributed by atoms with van der Waals surface area (Å²) in [6.45, 7) is 1.69. The van der Waals surface area contributed by atoms with Crippen LogP contribution in [-0.2, 0) is 16.9 Å². The summed E-state index contributed by atoms with van der Waals surface area (Å²) in [6, 6.07) is 6.58. The standard InChI is InChI=1S/C26H24ClF2N7O3/c27-17-2-3-18-22(23(17)29)26(39-25(38)34-18)6-8-36(14-26)21-12-30-11-19(33-21)24(37)32-10-15-1-4-20(31-9-15)35-7-5-16(28)13-35/h1-4,9,11-12,16H,5-8,10,13-14H2,(H,32,37)(H,34,38)/t16-,26-/m1/s1. The molecule has 2 amide bonds. The van der Waals surface area contributed by atoms with Crippen molar-refractivity contribution in [1.82, 2.24) is 20.3 Å². The molecule has 3 aromatic rings. The number of aromatic nitrogens is 3. The summed E-state index contributed by atoms with van der Waals surface area (Å²) in [4.78, 5) is 41.8. The molecule has 10 nitrogen and oxygen atoms in total. The van der Waals surface area contributed by atoms with Crippen molar-refractivity contribution in [3.8, 4) is 0 Å². The van der Waals surface area contributed by atoms with E-state index in [0.29, 0.717) is 49.8 Å². The van der Waals surface area contributed by atoms with Crippen molar-refractivity contribution in [1.29, 1.82) is 0 Å². The van der Waals surface area contributed by atoms with Crippen LogP contribution < -0.4 is 20.4 Å². The minimum atomic E-state index is -1.26. The third kappa shape index (κ3) is 4.80. The molecule has 6 rings (SSSR count). The van der Waals surface area contributed by atoms with E-state index in [2.05, 4.69) is 25.6 Å². The normalized spacial score (nSPS) is 22.0. The molecule has 2 atom stereocenters. The van der Waals surface area contributed by atoms with Crippen LogP contribution in [0.1, 0.15) is 34.5 Å². The van der Waals surface area contributed by atoms with Crippen molar-refractivity contribution in [3.05, 3.63) is 70.5 Å². The molecule has 13 heteroatoms. The zero-order valence-corrected chi connectivity index (χ0v) is 21.4. The van der Waals surface area contributed by atoms with Gasteiger partial charge in [0.2, 0.25) is 0 Å². The van der Waals surface area contributed by atoms with Gasteiger partial charge in [-0.05, 0) is 30.2 Å². The van der Waals surface area contributed by atoms with E-state index in [4.69, 9.17) is 16.3 Å². The minimum absolute atomic E-state index is 0.0703. The topological polar surface area (TPSA) is 113 Å². The largest absolute Gasteiger partial charge is 0.436 e. The van der Waals surface area contributed by atoms with Gasteiger partial charge in [0.05, 0.1) is 41.8 Å². The van der Waals surface area contributed by atoms with Crippen molar-refractivity contribution in [2.75, 3.05) is 41.3 Å². The maximum absolute atomic E-state index is 15.1. The molecule has 0 radical (unpaired) electrons. The molecule has 1 aromatic carbocycles. The molecule has 0 unspecified atom stereocenters. The number of pyridine rings is 1. The number of rotatable bonds is 5. The molecule has 2 aromatic heterocycles. The van der Waals surface area contributed by atoms with Gasteiger partial charge in [0.15, 0.2) is 11.4 Å². The number of anilines is 3. The second-order valence-corrected chi connectivity index (χ2v) is 10.2. The smallest absolute Gasteiger partial charge is 0.412 e. The van der Waals surface area contributed by atoms with Crippen molar-refractivity contribution in [2.24, 2.45) is 0 Å². The number of halogens is 3. The summed E-state index contributed by atoms with van der Waals surface area (Å²) >= 11 is 6.03. The Kier molecular flexibility index (Phi) is 6.42. The van der Waals surface area contributed by atoms with Gasteiger partial charge < -0.3 is 19.9 Å². The zero-order chi connectivity index (χ0) is 27.1. The van der Waals surface area contributed by atoms with Crippen LogP contribution >= 0.6 is 11.6 Å². The van der Waals surface area contributed by atoms with Crippen LogP contribution in [0.15, 0.2) is 42.9 Å². The lowest BCUT2D eigenvalue weighted by atomic mass is 9.89. The summed E-state index contributed by atoms with van der Waals surface area (Å²) in [6.07, 6.45) is 3.78. The SMILES string of the molecule is O=C1Nc2ccc(Cl)c(F)c2[C@]2(CCN(c3cncc(C(=O)NCc4ccc(N5CC[C@@H](F)C5)nc4)n3)C2)O1. The third-order valence-electron chi connectivity index (χ3n) is 7.20. The fourth-order valence-corrected chi connectivity index (χ4v) is 5.41. The molecule has 39 heavy (non-hydrogen) atoms. The molecular formula is C26H24ClF2N7O3. The molecule has 5 heterocycles. The summed E-state index contributed by atoms with van der Waals surface area (Å²) in [7, 11) is 0. The van der Waals surface area contributed by atoms with E-state index in [1.165, 1.54) is 18.5 Å². The number of benzene rings is 1. The van der Waals surface area contributed by atoms with Crippen LogP contribution in [0.5, 0.6) is 0 Å². The number of fused-ring (bicyclic) bond motifs is 2.